The molecule has 136 valence electrons. The zero-order chi connectivity index (χ0) is 19.2. The molecule has 1 heterocycles. The number of methoxy groups -OCH3 is 1. The number of carbonyl (C=O) groups excluding carboxylic acids is 2. The summed E-state index contributed by atoms with van der Waals surface area (Å²) in [6.45, 7) is 0. The summed E-state index contributed by atoms with van der Waals surface area (Å²) < 4.78 is 4.67. The first kappa shape index (κ1) is 18.1. The summed E-state index contributed by atoms with van der Waals surface area (Å²) in [4.78, 5) is 29.4. The maximum Gasteiger partial charge on any atom is 0.413 e. The van der Waals surface area contributed by atoms with E-state index in [0.29, 0.717) is 11.4 Å². The van der Waals surface area contributed by atoms with E-state index in [2.05, 4.69) is 15.0 Å². The SMILES string of the molecule is COC(=O)N(C)c1ccc(NC(=O)/C=C/c2cccc3cccnc23)cc1. The number of para-hydroxylation sites is 1. The molecule has 3 rings (SSSR count). The van der Waals surface area contributed by atoms with E-state index < -0.39 is 6.09 Å². The van der Waals surface area contributed by atoms with Gasteiger partial charge in [0.25, 0.3) is 0 Å². The topological polar surface area (TPSA) is 71.5 Å². The lowest BCUT2D eigenvalue weighted by molar-refractivity contribution is -0.111. The largest absolute Gasteiger partial charge is 0.452 e. The maximum absolute atomic E-state index is 12.2. The molecule has 1 aromatic heterocycles. The molecule has 0 bridgehead atoms. The molecule has 0 fully saturated rings. The number of carbonyl (C=O) groups is 2. The lowest BCUT2D eigenvalue weighted by atomic mass is 10.1. The van der Waals surface area contributed by atoms with Crippen LogP contribution in [0.1, 0.15) is 5.56 Å². The van der Waals surface area contributed by atoms with Gasteiger partial charge in [-0.25, -0.2) is 4.79 Å². The van der Waals surface area contributed by atoms with Gasteiger partial charge in [-0.2, -0.15) is 0 Å². The standard InChI is InChI=1S/C21H19N3O3/c1-24(21(26)27-2)18-11-9-17(10-12-18)23-19(25)13-8-16-6-3-5-15-7-4-14-22-20(15)16/h3-14H,1-2H3,(H,23,25)/b13-8+. The predicted molar refractivity (Wildman–Crippen MR) is 107 cm³/mol. The highest BCUT2D eigenvalue weighted by atomic mass is 16.5. The quantitative estimate of drug-likeness (QED) is 0.711. The van der Waals surface area contributed by atoms with Crippen molar-refractivity contribution in [3.8, 4) is 0 Å². The Morgan fingerprint density at radius 1 is 1.07 bits per heavy atom. The molecule has 2 amide bonds. The number of fused-ring (bicyclic) bond motifs is 1. The Kier molecular flexibility index (Phi) is 5.47. The van der Waals surface area contributed by atoms with Gasteiger partial charge in [0, 0.05) is 41.6 Å². The average molecular weight is 361 g/mol. The van der Waals surface area contributed by atoms with Crippen molar-refractivity contribution >= 4 is 40.4 Å². The van der Waals surface area contributed by atoms with E-state index >= 15 is 0 Å². The second kappa shape index (κ2) is 8.14. The average Bonchev–Trinajstić information content (AvgIpc) is 2.71. The molecule has 0 atom stereocenters. The lowest BCUT2D eigenvalue weighted by Gasteiger charge is -2.15. The third-order valence-corrected chi connectivity index (χ3v) is 4.05. The number of nitrogens with zero attached hydrogens (tertiary/aromatic N) is 2. The number of aromatic nitrogens is 1. The van der Waals surface area contributed by atoms with Crippen LogP contribution in [0.3, 0.4) is 0 Å². The summed E-state index contributed by atoms with van der Waals surface area (Å²) in [5, 5.41) is 3.81. The summed E-state index contributed by atoms with van der Waals surface area (Å²) in [6.07, 6.45) is 4.48. The van der Waals surface area contributed by atoms with Gasteiger partial charge in [-0.05, 0) is 36.4 Å². The Labute approximate surface area is 157 Å². The van der Waals surface area contributed by atoms with Gasteiger partial charge in [-0.15, -0.1) is 0 Å². The van der Waals surface area contributed by atoms with Crippen molar-refractivity contribution in [1.82, 2.24) is 4.98 Å². The third kappa shape index (κ3) is 4.30. The van der Waals surface area contributed by atoms with Gasteiger partial charge in [-0.1, -0.05) is 24.3 Å². The molecule has 6 nitrogen and oxygen atoms in total. The first-order valence-electron chi connectivity index (χ1n) is 8.33. The van der Waals surface area contributed by atoms with E-state index in [4.69, 9.17) is 0 Å². The molecule has 0 saturated carbocycles. The van der Waals surface area contributed by atoms with Crippen LogP contribution in [-0.4, -0.2) is 31.1 Å². The summed E-state index contributed by atoms with van der Waals surface area (Å²) in [5.74, 6) is -0.253. The van der Waals surface area contributed by atoms with Crippen LogP contribution in [-0.2, 0) is 9.53 Å². The van der Waals surface area contributed by atoms with E-state index in [-0.39, 0.29) is 5.91 Å². The zero-order valence-corrected chi connectivity index (χ0v) is 15.0. The van der Waals surface area contributed by atoms with Crippen molar-refractivity contribution in [2.24, 2.45) is 0 Å². The zero-order valence-electron chi connectivity index (χ0n) is 15.0. The molecule has 0 spiro atoms. The number of hydrogen-bond acceptors (Lipinski definition) is 4. The van der Waals surface area contributed by atoms with E-state index in [0.717, 1.165) is 16.5 Å². The molecule has 27 heavy (non-hydrogen) atoms. The first-order chi connectivity index (χ1) is 13.1. The van der Waals surface area contributed by atoms with Crippen LogP contribution in [0.25, 0.3) is 17.0 Å². The van der Waals surface area contributed by atoms with Crippen molar-refractivity contribution in [2.75, 3.05) is 24.4 Å². The highest BCUT2D eigenvalue weighted by Crippen LogP contribution is 2.19. The molecule has 2 aromatic carbocycles. The Morgan fingerprint density at radius 3 is 2.56 bits per heavy atom. The minimum Gasteiger partial charge on any atom is -0.452 e. The fourth-order valence-electron chi connectivity index (χ4n) is 2.62. The van der Waals surface area contributed by atoms with Gasteiger partial charge in [0.15, 0.2) is 0 Å². The summed E-state index contributed by atoms with van der Waals surface area (Å²) in [6, 6.07) is 16.6. The molecule has 0 unspecified atom stereocenters. The molecular weight excluding hydrogens is 342 g/mol. The number of hydrogen-bond donors (Lipinski definition) is 1. The minimum absolute atomic E-state index is 0.253. The van der Waals surface area contributed by atoms with Crippen LogP contribution in [0.5, 0.6) is 0 Å². The number of amides is 2. The second-order valence-corrected chi connectivity index (χ2v) is 5.82. The molecule has 0 saturated heterocycles. The molecule has 0 radical (unpaired) electrons. The number of pyridine rings is 1. The normalized spacial score (nSPS) is 10.7. The van der Waals surface area contributed by atoms with E-state index in [1.54, 1.807) is 43.6 Å². The number of anilines is 2. The molecule has 3 aromatic rings. The number of rotatable bonds is 4. The van der Waals surface area contributed by atoms with E-state index in [9.17, 15) is 9.59 Å². The van der Waals surface area contributed by atoms with Gasteiger partial charge >= 0.3 is 6.09 Å². The van der Waals surface area contributed by atoms with Gasteiger partial charge in [0.1, 0.15) is 0 Å². The first-order valence-corrected chi connectivity index (χ1v) is 8.33. The maximum atomic E-state index is 12.2. The summed E-state index contributed by atoms with van der Waals surface area (Å²) >= 11 is 0. The monoisotopic (exact) mass is 361 g/mol. The van der Waals surface area contributed by atoms with Gasteiger partial charge < -0.3 is 10.1 Å². The van der Waals surface area contributed by atoms with Gasteiger partial charge in [0.05, 0.1) is 12.6 Å². The van der Waals surface area contributed by atoms with Gasteiger partial charge in [0.2, 0.25) is 5.91 Å². The molecular formula is C21H19N3O3. The highest BCUT2D eigenvalue weighted by molar-refractivity contribution is 6.03. The number of nitrogens with one attached hydrogen (secondary N) is 1. The smallest absolute Gasteiger partial charge is 0.413 e. The van der Waals surface area contributed by atoms with Crippen LogP contribution in [0.4, 0.5) is 16.2 Å². The highest BCUT2D eigenvalue weighted by Gasteiger charge is 2.10. The van der Waals surface area contributed by atoms with Crippen molar-refractivity contribution < 1.29 is 14.3 Å². The Morgan fingerprint density at radius 2 is 1.81 bits per heavy atom. The Bertz CT molecular complexity index is 992. The lowest BCUT2D eigenvalue weighted by Crippen LogP contribution is -2.25. The van der Waals surface area contributed by atoms with Crippen LogP contribution in [0, 0.1) is 0 Å². The molecule has 0 aliphatic rings. The molecule has 0 aliphatic heterocycles. The Hall–Kier alpha value is -3.67. The number of benzene rings is 2. The van der Waals surface area contributed by atoms with Crippen molar-refractivity contribution in [3.63, 3.8) is 0 Å². The van der Waals surface area contributed by atoms with Gasteiger partial charge in [-0.3, -0.25) is 14.7 Å². The molecule has 0 aliphatic carbocycles. The molecule has 6 heteroatoms. The number of ether oxygens (including phenoxy) is 1. The van der Waals surface area contributed by atoms with Crippen LogP contribution >= 0.6 is 0 Å². The predicted octanol–water partition coefficient (Wildman–Crippen LogP) is 4.09. The minimum atomic E-state index is -0.460. The fraction of sp³-hybridized carbons (Fsp3) is 0.0952. The van der Waals surface area contributed by atoms with Crippen molar-refractivity contribution in [3.05, 3.63) is 72.4 Å². The summed E-state index contributed by atoms with van der Waals surface area (Å²) in [7, 11) is 2.94. The third-order valence-electron chi connectivity index (χ3n) is 4.05. The second-order valence-electron chi connectivity index (χ2n) is 5.82. The van der Waals surface area contributed by atoms with Crippen molar-refractivity contribution in [1.29, 1.82) is 0 Å². The van der Waals surface area contributed by atoms with Crippen LogP contribution < -0.4 is 10.2 Å². The van der Waals surface area contributed by atoms with E-state index in [1.807, 2.05) is 30.3 Å². The Balaban J connectivity index is 1.68. The van der Waals surface area contributed by atoms with Crippen LogP contribution in [0.15, 0.2) is 66.9 Å². The van der Waals surface area contributed by atoms with Crippen LogP contribution in [0.2, 0.25) is 0 Å². The fourth-order valence-corrected chi connectivity index (χ4v) is 2.62. The van der Waals surface area contributed by atoms with E-state index in [1.165, 1.54) is 18.1 Å². The summed E-state index contributed by atoms with van der Waals surface area (Å²) in [5.41, 5.74) is 3.01. The van der Waals surface area contributed by atoms with Crippen molar-refractivity contribution in [2.45, 2.75) is 0 Å². The molecule has 1 N–H and O–H groups in total.